The van der Waals surface area contributed by atoms with E-state index in [-0.39, 0.29) is 37.2 Å². The van der Waals surface area contributed by atoms with Gasteiger partial charge in [0.05, 0.1) is 12.0 Å². The second kappa shape index (κ2) is 8.68. The number of carbonyl (C=O) groups excluding carboxylic acids is 3. The van der Waals surface area contributed by atoms with Gasteiger partial charge in [-0.25, -0.2) is 0 Å². The van der Waals surface area contributed by atoms with Crippen LogP contribution >= 0.6 is 11.6 Å². The van der Waals surface area contributed by atoms with E-state index < -0.39 is 35.7 Å². The molecule has 4 fully saturated rings. The lowest BCUT2D eigenvalue weighted by Gasteiger charge is -2.68. The minimum absolute atomic E-state index is 0.158. The monoisotopic (exact) mass is 489 g/mol. The van der Waals surface area contributed by atoms with Crippen molar-refractivity contribution in [3.8, 4) is 5.75 Å². The highest BCUT2D eigenvalue weighted by Crippen LogP contribution is 2.67. The Balaban J connectivity index is 1.11. The van der Waals surface area contributed by atoms with Gasteiger partial charge in [-0.05, 0) is 62.3 Å². The summed E-state index contributed by atoms with van der Waals surface area (Å²) in [4.78, 5) is 36.7. The number of halogens is 4. The Hall–Kier alpha value is -2.53. The van der Waals surface area contributed by atoms with Crippen LogP contribution in [-0.4, -0.2) is 42.8 Å². The zero-order valence-electron chi connectivity index (χ0n) is 17.5. The van der Waals surface area contributed by atoms with E-state index in [1.807, 2.05) is 0 Å². The molecule has 0 heterocycles. The van der Waals surface area contributed by atoms with Crippen molar-refractivity contribution in [3.05, 3.63) is 29.3 Å². The quantitative estimate of drug-likeness (QED) is 0.486. The van der Waals surface area contributed by atoms with Gasteiger partial charge in [-0.15, -0.1) is 13.2 Å². The fourth-order valence-corrected chi connectivity index (χ4v) is 4.95. The molecule has 4 saturated carbocycles. The predicted molar refractivity (Wildman–Crippen MR) is 109 cm³/mol. The van der Waals surface area contributed by atoms with E-state index in [0.717, 1.165) is 0 Å². The Morgan fingerprint density at radius 2 is 1.70 bits per heavy atom. The van der Waals surface area contributed by atoms with Crippen molar-refractivity contribution in [3.63, 3.8) is 0 Å². The molecule has 0 atom stereocenters. The third-order valence-corrected chi connectivity index (χ3v) is 6.74. The number of benzene rings is 1. The summed E-state index contributed by atoms with van der Waals surface area (Å²) < 4.78 is 45.3. The number of carbonyl (C=O) groups is 3. The summed E-state index contributed by atoms with van der Waals surface area (Å²) in [5, 5.41) is 3.46. The van der Waals surface area contributed by atoms with Crippen molar-refractivity contribution in [2.75, 3.05) is 13.2 Å². The second-order valence-electron chi connectivity index (χ2n) is 9.12. The molecule has 0 saturated heterocycles. The number of amides is 3. The van der Waals surface area contributed by atoms with E-state index in [2.05, 4.69) is 20.9 Å². The average molecular weight is 490 g/mol. The minimum atomic E-state index is -4.68. The SMILES string of the molecule is O=C(COc1ccc(Cl)cc1)NC12CC(C(=O)NNC(=O)C3CC(COC(F)(F)F)C3)(C1)C2. The fraction of sp³-hybridized carbons (Fsp3) is 0.571. The summed E-state index contributed by atoms with van der Waals surface area (Å²) in [6.07, 6.45) is -2.73. The van der Waals surface area contributed by atoms with Crippen LogP contribution in [0, 0.1) is 17.3 Å². The summed E-state index contributed by atoms with van der Waals surface area (Å²) in [6, 6.07) is 6.63. The third kappa shape index (κ3) is 5.35. The number of nitrogens with one attached hydrogen (secondary N) is 3. The van der Waals surface area contributed by atoms with Crippen LogP contribution in [0.5, 0.6) is 5.75 Å². The van der Waals surface area contributed by atoms with E-state index >= 15 is 0 Å². The van der Waals surface area contributed by atoms with E-state index in [1.54, 1.807) is 24.3 Å². The van der Waals surface area contributed by atoms with Gasteiger partial charge in [0, 0.05) is 16.5 Å². The lowest BCUT2D eigenvalue weighted by molar-refractivity contribution is -0.330. The molecule has 0 spiro atoms. The molecule has 0 aromatic heterocycles. The highest BCUT2D eigenvalue weighted by Gasteiger charge is 2.72. The van der Waals surface area contributed by atoms with Crippen molar-refractivity contribution >= 4 is 29.3 Å². The summed E-state index contributed by atoms with van der Waals surface area (Å²) in [6.45, 7) is -0.629. The van der Waals surface area contributed by atoms with Crippen LogP contribution in [0.15, 0.2) is 24.3 Å². The topological polar surface area (TPSA) is 106 Å². The van der Waals surface area contributed by atoms with Crippen LogP contribution in [0.4, 0.5) is 13.2 Å². The van der Waals surface area contributed by atoms with Crippen LogP contribution in [0.2, 0.25) is 5.02 Å². The zero-order valence-corrected chi connectivity index (χ0v) is 18.2. The molecule has 3 N–H and O–H groups in total. The zero-order chi connectivity index (χ0) is 23.9. The first-order valence-electron chi connectivity index (χ1n) is 10.5. The van der Waals surface area contributed by atoms with Crippen molar-refractivity contribution in [1.29, 1.82) is 0 Å². The lowest BCUT2D eigenvalue weighted by Crippen LogP contribution is -2.79. The number of alkyl halides is 3. The molecule has 3 amide bonds. The molecule has 180 valence electrons. The Labute approximate surface area is 192 Å². The van der Waals surface area contributed by atoms with Gasteiger partial charge in [-0.3, -0.25) is 30.0 Å². The molecule has 5 rings (SSSR count). The average Bonchev–Trinajstić information content (AvgIpc) is 2.65. The first kappa shape index (κ1) is 23.6. The Bertz CT molecular complexity index is 914. The molecule has 0 radical (unpaired) electrons. The van der Waals surface area contributed by atoms with Gasteiger partial charge < -0.3 is 10.1 Å². The van der Waals surface area contributed by atoms with Gasteiger partial charge in [-0.2, -0.15) is 0 Å². The molecule has 1 aromatic carbocycles. The van der Waals surface area contributed by atoms with Crippen molar-refractivity contribution in [2.45, 2.75) is 44.0 Å². The number of rotatable bonds is 8. The van der Waals surface area contributed by atoms with Gasteiger partial charge in [0.15, 0.2) is 6.61 Å². The maximum Gasteiger partial charge on any atom is 0.522 e. The minimum Gasteiger partial charge on any atom is -0.484 e. The molecule has 33 heavy (non-hydrogen) atoms. The molecular weight excluding hydrogens is 467 g/mol. The maximum atomic E-state index is 12.4. The molecule has 0 aliphatic heterocycles. The van der Waals surface area contributed by atoms with Gasteiger partial charge in [0.1, 0.15) is 5.75 Å². The molecule has 0 unspecified atom stereocenters. The van der Waals surface area contributed by atoms with Crippen molar-refractivity contribution in [2.24, 2.45) is 17.3 Å². The summed E-state index contributed by atoms with van der Waals surface area (Å²) in [7, 11) is 0. The third-order valence-electron chi connectivity index (χ3n) is 6.49. The number of hydrogen-bond donors (Lipinski definition) is 3. The standard InChI is InChI=1S/C21H23ClF3N3O5/c22-14-1-3-15(4-2-14)32-8-16(29)26-20-9-19(10-20,11-20)18(31)28-27-17(30)13-5-12(6-13)7-33-21(23,24)25/h1-4,12-13H,5-11H2,(H,26,29)(H,27,30)(H,28,31). The van der Waals surface area contributed by atoms with Crippen molar-refractivity contribution in [1.82, 2.24) is 16.2 Å². The van der Waals surface area contributed by atoms with E-state index in [4.69, 9.17) is 16.3 Å². The molecule has 8 nitrogen and oxygen atoms in total. The Morgan fingerprint density at radius 3 is 2.30 bits per heavy atom. The highest BCUT2D eigenvalue weighted by molar-refractivity contribution is 6.30. The van der Waals surface area contributed by atoms with E-state index in [0.29, 0.717) is 30.0 Å². The normalized spacial score (nSPS) is 29.6. The van der Waals surface area contributed by atoms with E-state index in [9.17, 15) is 27.6 Å². The van der Waals surface area contributed by atoms with Crippen LogP contribution in [0.3, 0.4) is 0 Å². The first-order valence-corrected chi connectivity index (χ1v) is 10.9. The van der Waals surface area contributed by atoms with Gasteiger partial charge in [0.2, 0.25) is 11.8 Å². The summed E-state index contributed by atoms with van der Waals surface area (Å²) >= 11 is 5.80. The first-order chi connectivity index (χ1) is 15.5. The fourth-order valence-electron chi connectivity index (χ4n) is 4.82. The molecule has 12 heteroatoms. The van der Waals surface area contributed by atoms with Gasteiger partial charge in [-0.1, -0.05) is 11.6 Å². The second-order valence-corrected chi connectivity index (χ2v) is 9.55. The largest absolute Gasteiger partial charge is 0.522 e. The number of hydrazine groups is 1. The highest BCUT2D eigenvalue weighted by atomic mass is 35.5. The predicted octanol–water partition coefficient (Wildman–Crippen LogP) is 2.47. The Morgan fingerprint density at radius 1 is 1.06 bits per heavy atom. The van der Waals surface area contributed by atoms with Gasteiger partial charge >= 0.3 is 6.36 Å². The Kier molecular flexibility index (Phi) is 6.21. The number of hydrogen-bond acceptors (Lipinski definition) is 5. The smallest absolute Gasteiger partial charge is 0.484 e. The van der Waals surface area contributed by atoms with Crippen LogP contribution in [-0.2, 0) is 19.1 Å². The van der Waals surface area contributed by atoms with Crippen LogP contribution in [0.25, 0.3) is 0 Å². The van der Waals surface area contributed by atoms with Crippen LogP contribution in [0.1, 0.15) is 32.1 Å². The molecular formula is C21H23ClF3N3O5. The van der Waals surface area contributed by atoms with Gasteiger partial charge in [0.25, 0.3) is 5.91 Å². The summed E-state index contributed by atoms with van der Waals surface area (Å²) in [5.41, 5.74) is 3.71. The summed E-state index contributed by atoms with van der Waals surface area (Å²) in [5.74, 6) is -1.32. The molecule has 2 bridgehead atoms. The van der Waals surface area contributed by atoms with E-state index in [1.165, 1.54) is 0 Å². The molecule has 4 aliphatic carbocycles. The lowest BCUT2D eigenvalue weighted by atomic mass is 9.39. The molecule has 1 aromatic rings. The van der Waals surface area contributed by atoms with Crippen LogP contribution < -0.4 is 20.9 Å². The number of ether oxygens (including phenoxy) is 2. The maximum absolute atomic E-state index is 12.4. The van der Waals surface area contributed by atoms with Crippen molar-refractivity contribution < 1.29 is 37.0 Å². The molecule has 4 aliphatic rings.